The van der Waals surface area contributed by atoms with Gasteiger partial charge in [-0.2, -0.15) is 5.26 Å². The first-order valence-corrected chi connectivity index (χ1v) is 7.07. The van der Waals surface area contributed by atoms with Gasteiger partial charge in [0, 0.05) is 22.8 Å². The highest BCUT2D eigenvalue weighted by Gasteiger charge is 2.20. The van der Waals surface area contributed by atoms with Crippen LogP contribution in [0, 0.1) is 23.0 Å². The van der Waals surface area contributed by atoms with Crippen LogP contribution in [0.25, 0.3) is 0 Å². The third kappa shape index (κ3) is 3.19. The molecular weight excluding hydrogens is 318 g/mol. The van der Waals surface area contributed by atoms with Crippen LogP contribution in [0.2, 0.25) is 0 Å². The number of nitrogens with zero attached hydrogens (tertiary/aromatic N) is 1. The van der Waals surface area contributed by atoms with Gasteiger partial charge in [0.25, 0.3) is 5.91 Å². The lowest BCUT2D eigenvalue weighted by Gasteiger charge is -2.18. The molecule has 1 N–H and O–H groups in total. The van der Waals surface area contributed by atoms with Crippen molar-refractivity contribution < 1.29 is 23.0 Å². The zero-order valence-corrected chi connectivity index (χ0v) is 12.4. The summed E-state index contributed by atoms with van der Waals surface area (Å²) in [5.74, 6) is -1.58. The van der Waals surface area contributed by atoms with Crippen molar-refractivity contribution in [2.75, 3.05) is 6.79 Å². The Morgan fingerprint density at radius 2 is 2.08 bits per heavy atom. The second-order valence-corrected chi connectivity index (χ2v) is 5.13. The maximum absolute atomic E-state index is 13.8. The van der Waals surface area contributed by atoms with Crippen molar-refractivity contribution in [2.24, 2.45) is 0 Å². The number of fused-ring (bicyclic) bond motifs is 1. The Balaban J connectivity index is 1.81. The molecule has 2 aromatic rings. The van der Waals surface area contributed by atoms with Gasteiger partial charge >= 0.3 is 0 Å². The molecule has 0 saturated heterocycles. The Kier molecular flexibility index (Phi) is 4.40. The normalized spacial score (nSPS) is 14.0. The third-order valence-electron chi connectivity index (χ3n) is 3.56. The van der Waals surface area contributed by atoms with Crippen LogP contribution < -0.4 is 10.1 Å². The van der Waals surface area contributed by atoms with Gasteiger partial charge in [-0.05, 0) is 24.3 Å². The van der Waals surface area contributed by atoms with Crippen LogP contribution in [0.4, 0.5) is 8.78 Å². The number of halogens is 2. The summed E-state index contributed by atoms with van der Waals surface area (Å²) in [5.41, 5.74) is 0.887. The predicted octanol–water partition coefficient (Wildman–Crippen LogP) is 2.83. The average Bonchev–Trinajstić information content (AvgIpc) is 2.59. The van der Waals surface area contributed by atoms with Gasteiger partial charge in [-0.1, -0.05) is 6.07 Å². The molecule has 1 atom stereocenters. The fraction of sp³-hybridized carbons (Fsp3) is 0.176. The molecule has 0 aliphatic carbocycles. The van der Waals surface area contributed by atoms with Crippen molar-refractivity contribution >= 4 is 5.91 Å². The van der Waals surface area contributed by atoms with E-state index in [0.717, 1.165) is 12.1 Å². The highest BCUT2D eigenvalue weighted by atomic mass is 19.1. The second-order valence-electron chi connectivity index (χ2n) is 5.13. The van der Waals surface area contributed by atoms with E-state index in [1.165, 1.54) is 6.07 Å². The summed E-state index contributed by atoms with van der Waals surface area (Å²) in [7, 11) is 0. The van der Waals surface area contributed by atoms with E-state index in [0.29, 0.717) is 24.0 Å². The lowest BCUT2D eigenvalue weighted by atomic mass is 10.1. The fourth-order valence-corrected chi connectivity index (χ4v) is 2.36. The number of nitriles is 1. The van der Waals surface area contributed by atoms with E-state index >= 15 is 0 Å². The van der Waals surface area contributed by atoms with E-state index in [2.05, 4.69) is 5.32 Å². The summed E-state index contributed by atoms with van der Waals surface area (Å²) in [6.45, 7) is 0.462. The van der Waals surface area contributed by atoms with Gasteiger partial charge in [0.1, 0.15) is 23.4 Å². The molecule has 1 heterocycles. The fourth-order valence-electron chi connectivity index (χ4n) is 2.36. The first-order valence-electron chi connectivity index (χ1n) is 7.07. The van der Waals surface area contributed by atoms with Crippen molar-refractivity contribution in [1.82, 2.24) is 5.32 Å². The average molecular weight is 330 g/mol. The number of ether oxygens (including phenoxy) is 2. The molecule has 0 saturated carbocycles. The first-order chi connectivity index (χ1) is 11.6. The first kappa shape index (κ1) is 15.9. The number of carbonyl (C=O) groups excluding carboxylic acids is 1. The van der Waals surface area contributed by atoms with Gasteiger partial charge in [0.05, 0.1) is 12.7 Å². The monoisotopic (exact) mass is 330 g/mol. The molecule has 7 heteroatoms. The van der Waals surface area contributed by atoms with Crippen LogP contribution in [0.1, 0.15) is 27.5 Å². The SMILES string of the molecule is N#C[C@@H](NC(=O)c1ccc2c(c1)COCO2)c1ccc(F)cc1F. The van der Waals surface area contributed by atoms with E-state index in [-0.39, 0.29) is 17.9 Å². The number of rotatable bonds is 3. The number of carbonyl (C=O) groups is 1. The van der Waals surface area contributed by atoms with E-state index in [1.54, 1.807) is 18.2 Å². The Morgan fingerprint density at radius 3 is 2.83 bits per heavy atom. The molecule has 1 amide bonds. The molecule has 24 heavy (non-hydrogen) atoms. The van der Waals surface area contributed by atoms with Crippen LogP contribution in [-0.2, 0) is 11.3 Å². The van der Waals surface area contributed by atoms with Crippen molar-refractivity contribution in [3.05, 3.63) is 64.7 Å². The van der Waals surface area contributed by atoms with Crippen molar-refractivity contribution in [2.45, 2.75) is 12.6 Å². The van der Waals surface area contributed by atoms with Gasteiger partial charge in [-0.25, -0.2) is 8.78 Å². The zero-order valence-electron chi connectivity index (χ0n) is 12.4. The second kappa shape index (κ2) is 6.64. The number of hydrogen-bond donors (Lipinski definition) is 1. The summed E-state index contributed by atoms with van der Waals surface area (Å²) < 4.78 is 37.2. The van der Waals surface area contributed by atoms with Gasteiger partial charge in [0.2, 0.25) is 0 Å². The minimum atomic E-state index is -1.23. The van der Waals surface area contributed by atoms with Gasteiger partial charge in [0.15, 0.2) is 6.79 Å². The Hall–Kier alpha value is -2.98. The van der Waals surface area contributed by atoms with Crippen LogP contribution in [0.5, 0.6) is 5.75 Å². The van der Waals surface area contributed by atoms with Crippen LogP contribution in [0.3, 0.4) is 0 Å². The van der Waals surface area contributed by atoms with Gasteiger partial charge < -0.3 is 14.8 Å². The third-order valence-corrected chi connectivity index (χ3v) is 3.56. The number of benzene rings is 2. The minimum Gasteiger partial charge on any atom is -0.467 e. The minimum absolute atomic E-state index is 0.100. The van der Waals surface area contributed by atoms with Gasteiger partial charge in [-0.3, -0.25) is 4.79 Å². The van der Waals surface area contributed by atoms with E-state index in [4.69, 9.17) is 9.47 Å². The van der Waals surface area contributed by atoms with E-state index in [9.17, 15) is 18.8 Å². The Labute approximate surface area is 136 Å². The highest BCUT2D eigenvalue weighted by Crippen LogP contribution is 2.25. The molecule has 1 aliphatic rings. The molecule has 1 aliphatic heterocycles. The van der Waals surface area contributed by atoms with E-state index < -0.39 is 23.6 Å². The molecule has 0 spiro atoms. The van der Waals surface area contributed by atoms with Crippen molar-refractivity contribution in [3.8, 4) is 11.8 Å². The summed E-state index contributed by atoms with van der Waals surface area (Å²) in [6.07, 6.45) is 0. The number of nitrogens with one attached hydrogen (secondary N) is 1. The maximum atomic E-state index is 13.8. The van der Waals surface area contributed by atoms with E-state index in [1.807, 2.05) is 0 Å². The largest absolute Gasteiger partial charge is 0.467 e. The van der Waals surface area contributed by atoms with Crippen molar-refractivity contribution in [3.63, 3.8) is 0 Å². The summed E-state index contributed by atoms with van der Waals surface area (Å²) >= 11 is 0. The predicted molar refractivity (Wildman–Crippen MR) is 78.9 cm³/mol. The number of amides is 1. The highest BCUT2D eigenvalue weighted by molar-refractivity contribution is 5.95. The quantitative estimate of drug-likeness (QED) is 0.939. The topological polar surface area (TPSA) is 71.4 Å². The molecule has 122 valence electrons. The smallest absolute Gasteiger partial charge is 0.252 e. The lowest BCUT2D eigenvalue weighted by Crippen LogP contribution is -2.28. The molecule has 0 aromatic heterocycles. The standard InChI is InChI=1S/C17H12F2N2O3/c18-12-2-3-13(14(19)6-12)15(7-20)21-17(22)10-1-4-16-11(5-10)8-23-9-24-16/h1-6,15H,8-9H2,(H,21,22)/t15-/m1/s1. The zero-order chi connectivity index (χ0) is 17.1. The Bertz CT molecular complexity index is 833. The molecule has 0 radical (unpaired) electrons. The summed E-state index contributed by atoms with van der Waals surface area (Å²) in [4.78, 5) is 12.3. The molecule has 0 bridgehead atoms. The van der Waals surface area contributed by atoms with Crippen LogP contribution in [-0.4, -0.2) is 12.7 Å². The molecular formula is C17H12F2N2O3. The molecule has 5 nitrogen and oxygen atoms in total. The maximum Gasteiger partial charge on any atom is 0.252 e. The summed E-state index contributed by atoms with van der Waals surface area (Å²) in [5, 5.41) is 11.6. The lowest BCUT2D eigenvalue weighted by molar-refractivity contribution is -0.0163. The molecule has 3 rings (SSSR count). The molecule has 0 fully saturated rings. The Morgan fingerprint density at radius 1 is 1.25 bits per heavy atom. The van der Waals surface area contributed by atoms with Crippen LogP contribution >= 0.6 is 0 Å². The van der Waals surface area contributed by atoms with Crippen LogP contribution in [0.15, 0.2) is 36.4 Å². The van der Waals surface area contributed by atoms with Gasteiger partial charge in [-0.15, -0.1) is 0 Å². The van der Waals surface area contributed by atoms with Crippen molar-refractivity contribution in [1.29, 1.82) is 5.26 Å². The summed E-state index contributed by atoms with van der Waals surface area (Å²) in [6, 6.07) is 8.14. The number of hydrogen-bond acceptors (Lipinski definition) is 4. The molecule has 0 unspecified atom stereocenters. The molecule has 2 aromatic carbocycles.